The third-order valence-electron chi connectivity index (χ3n) is 2.70. The fourth-order valence-corrected chi connectivity index (χ4v) is 1.68. The maximum atomic E-state index is 13.4. The zero-order chi connectivity index (χ0) is 11.9. The zero-order valence-electron chi connectivity index (χ0n) is 9.66. The highest BCUT2D eigenvalue weighted by Gasteiger charge is 2.50. The first-order valence-electron chi connectivity index (χ1n) is 5.35. The lowest BCUT2D eigenvalue weighted by atomic mass is 9.87. The van der Waals surface area contributed by atoms with Gasteiger partial charge in [-0.3, -0.25) is 4.79 Å². The number of ether oxygens (including phenoxy) is 1. The Kier molecular flexibility index (Phi) is 2.58. The molecule has 1 saturated heterocycles. The van der Waals surface area contributed by atoms with Gasteiger partial charge in [0, 0.05) is 11.0 Å². The number of hydrogen-bond acceptors (Lipinski definition) is 2. The average molecular weight is 222 g/mol. The van der Waals surface area contributed by atoms with Crippen LogP contribution in [0.5, 0.6) is 0 Å². The van der Waals surface area contributed by atoms with Crippen molar-refractivity contribution >= 4 is 5.78 Å². The molecule has 1 aromatic carbocycles. The molecule has 0 spiro atoms. The summed E-state index contributed by atoms with van der Waals surface area (Å²) >= 11 is 0. The van der Waals surface area contributed by atoms with Gasteiger partial charge in [-0.2, -0.15) is 0 Å². The van der Waals surface area contributed by atoms with Crippen LogP contribution in [-0.2, 0) is 9.53 Å². The first-order valence-corrected chi connectivity index (χ1v) is 5.35. The predicted octanol–water partition coefficient (Wildman–Crippen LogP) is 2.88. The van der Waals surface area contributed by atoms with Gasteiger partial charge in [0.25, 0.3) is 0 Å². The molecule has 1 aliphatic heterocycles. The van der Waals surface area contributed by atoms with E-state index in [1.807, 2.05) is 20.8 Å². The van der Waals surface area contributed by atoms with Crippen LogP contribution in [0, 0.1) is 11.2 Å². The fraction of sp³-hybridized carbons (Fsp3) is 0.462. The van der Waals surface area contributed by atoms with Gasteiger partial charge in [0.2, 0.25) is 0 Å². The second-order valence-corrected chi connectivity index (χ2v) is 5.11. The lowest BCUT2D eigenvalue weighted by Gasteiger charge is -2.14. The standard InChI is InChI=1S/C13H15FO2/c1-13(2,3)12(15)11-10(16-11)8-6-4-5-7-9(8)14/h4-7,10-11H,1-3H3/t10-,11+/m1/s1. The van der Waals surface area contributed by atoms with Crippen LogP contribution in [0.4, 0.5) is 4.39 Å². The summed E-state index contributed by atoms with van der Waals surface area (Å²) in [4.78, 5) is 11.9. The summed E-state index contributed by atoms with van der Waals surface area (Å²) in [5.41, 5.74) is 0.0371. The van der Waals surface area contributed by atoms with Gasteiger partial charge in [0.1, 0.15) is 18.0 Å². The van der Waals surface area contributed by atoms with Crippen molar-refractivity contribution in [3.8, 4) is 0 Å². The second-order valence-electron chi connectivity index (χ2n) is 5.11. The Hall–Kier alpha value is -1.22. The van der Waals surface area contributed by atoms with E-state index in [2.05, 4.69) is 0 Å². The molecule has 1 aliphatic rings. The maximum Gasteiger partial charge on any atom is 0.169 e. The summed E-state index contributed by atoms with van der Waals surface area (Å²) < 4.78 is 18.7. The highest BCUT2D eigenvalue weighted by molar-refractivity contribution is 5.90. The molecule has 0 bridgehead atoms. The van der Waals surface area contributed by atoms with E-state index < -0.39 is 17.6 Å². The van der Waals surface area contributed by atoms with Crippen LogP contribution in [0.1, 0.15) is 32.4 Å². The Labute approximate surface area is 94.4 Å². The summed E-state index contributed by atoms with van der Waals surface area (Å²) in [5, 5.41) is 0. The molecule has 0 saturated carbocycles. The molecular formula is C13H15FO2. The molecule has 1 fully saturated rings. The minimum absolute atomic E-state index is 0.0285. The van der Waals surface area contributed by atoms with E-state index in [4.69, 9.17) is 4.74 Å². The second kappa shape index (κ2) is 3.67. The van der Waals surface area contributed by atoms with Crippen LogP contribution in [0.25, 0.3) is 0 Å². The molecular weight excluding hydrogens is 207 g/mol. The number of carbonyl (C=O) groups excluding carboxylic acids is 1. The molecule has 0 unspecified atom stereocenters. The van der Waals surface area contributed by atoms with Gasteiger partial charge in [0.15, 0.2) is 5.78 Å². The van der Waals surface area contributed by atoms with E-state index in [0.717, 1.165) is 0 Å². The number of Topliss-reactive ketones (excluding diaryl/α,β-unsaturated/α-hetero) is 1. The highest BCUT2D eigenvalue weighted by atomic mass is 19.1. The normalized spacial score (nSPS) is 24.2. The topological polar surface area (TPSA) is 29.6 Å². The number of halogens is 1. The Morgan fingerprint density at radius 3 is 2.50 bits per heavy atom. The van der Waals surface area contributed by atoms with Crippen LogP contribution in [0.15, 0.2) is 24.3 Å². The van der Waals surface area contributed by atoms with Crippen LogP contribution < -0.4 is 0 Å². The molecule has 16 heavy (non-hydrogen) atoms. The van der Waals surface area contributed by atoms with E-state index in [-0.39, 0.29) is 11.6 Å². The van der Waals surface area contributed by atoms with Crippen molar-refractivity contribution in [1.29, 1.82) is 0 Å². The SMILES string of the molecule is CC(C)(C)C(=O)[C@H]1O[C@@H]1c1ccccc1F. The summed E-state index contributed by atoms with van der Waals surface area (Å²) in [6, 6.07) is 6.42. The molecule has 3 heteroatoms. The van der Waals surface area contributed by atoms with Crippen LogP contribution >= 0.6 is 0 Å². The summed E-state index contributed by atoms with van der Waals surface area (Å²) in [6.45, 7) is 5.53. The lowest BCUT2D eigenvalue weighted by Crippen LogP contribution is -2.25. The van der Waals surface area contributed by atoms with E-state index in [9.17, 15) is 9.18 Å². The van der Waals surface area contributed by atoms with Crippen molar-refractivity contribution in [3.63, 3.8) is 0 Å². The van der Waals surface area contributed by atoms with Gasteiger partial charge in [0.05, 0.1) is 0 Å². The Morgan fingerprint density at radius 1 is 1.31 bits per heavy atom. The number of benzene rings is 1. The third-order valence-corrected chi connectivity index (χ3v) is 2.70. The van der Waals surface area contributed by atoms with E-state index >= 15 is 0 Å². The van der Waals surface area contributed by atoms with E-state index in [1.165, 1.54) is 6.07 Å². The van der Waals surface area contributed by atoms with Gasteiger partial charge >= 0.3 is 0 Å². The lowest BCUT2D eigenvalue weighted by molar-refractivity contribution is -0.127. The van der Waals surface area contributed by atoms with Gasteiger partial charge in [-0.05, 0) is 6.07 Å². The molecule has 1 aromatic rings. The molecule has 2 rings (SSSR count). The zero-order valence-corrected chi connectivity index (χ0v) is 9.66. The van der Waals surface area contributed by atoms with Gasteiger partial charge in [-0.15, -0.1) is 0 Å². The van der Waals surface area contributed by atoms with Crippen molar-refractivity contribution in [1.82, 2.24) is 0 Å². The van der Waals surface area contributed by atoms with E-state index in [0.29, 0.717) is 5.56 Å². The first-order chi connectivity index (χ1) is 7.41. The molecule has 0 aliphatic carbocycles. The Bertz CT molecular complexity index is 420. The molecule has 0 aromatic heterocycles. The third kappa shape index (κ3) is 2.00. The number of epoxide rings is 1. The molecule has 0 N–H and O–H groups in total. The summed E-state index contributed by atoms with van der Waals surface area (Å²) in [6.07, 6.45) is -0.871. The average Bonchev–Trinajstić information content (AvgIpc) is 2.95. The number of carbonyl (C=O) groups is 1. The van der Waals surface area contributed by atoms with Gasteiger partial charge < -0.3 is 4.74 Å². The molecule has 2 nitrogen and oxygen atoms in total. The van der Waals surface area contributed by atoms with Gasteiger partial charge in [-0.25, -0.2) is 4.39 Å². The minimum Gasteiger partial charge on any atom is -0.356 e. The quantitative estimate of drug-likeness (QED) is 0.720. The predicted molar refractivity (Wildman–Crippen MR) is 58.5 cm³/mol. The molecule has 1 heterocycles. The monoisotopic (exact) mass is 222 g/mol. The molecule has 2 atom stereocenters. The summed E-state index contributed by atoms with van der Waals surface area (Å²) in [5.74, 6) is -0.280. The fourth-order valence-electron chi connectivity index (χ4n) is 1.68. The number of hydrogen-bond donors (Lipinski definition) is 0. The van der Waals surface area contributed by atoms with E-state index in [1.54, 1.807) is 18.2 Å². The van der Waals surface area contributed by atoms with Crippen LogP contribution in [0.2, 0.25) is 0 Å². The summed E-state index contributed by atoms with van der Waals surface area (Å²) in [7, 11) is 0. The maximum absolute atomic E-state index is 13.4. The van der Waals surface area contributed by atoms with Crippen molar-refractivity contribution < 1.29 is 13.9 Å². The van der Waals surface area contributed by atoms with Crippen LogP contribution in [0.3, 0.4) is 0 Å². The first kappa shape index (κ1) is 11.3. The largest absolute Gasteiger partial charge is 0.356 e. The van der Waals surface area contributed by atoms with Gasteiger partial charge in [-0.1, -0.05) is 39.0 Å². The Balaban J connectivity index is 2.13. The minimum atomic E-state index is -0.475. The molecule has 86 valence electrons. The van der Waals surface area contributed by atoms with Crippen molar-refractivity contribution in [2.24, 2.45) is 5.41 Å². The number of rotatable bonds is 2. The van der Waals surface area contributed by atoms with Crippen molar-refractivity contribution in [2.45, 2.75) is 33.0 Å². The van der Waals surface area contributed by atoms with Crippen molar-refractivity contribution in [3.05, 3.63) is 35.6 Å². The molecule has 0 amide bonds. The van der Waals surface area contributed by atoms with Crippen LogP contribution in [-0.4, -0.2) is 11.9 Å². The van der Waals surface area contributed by atoms with Crippen molar-refractivity contribution in [2.75, 3.05) is 0 Å². The highest BCUT2D eigenvalue weighted by Crippen LogP contribution is 2.43. The smallest absolute Gasteiger partial charge is 0.169 e. The Morgan fingerprint density at radius 2 is 1.94 bits per heavy atom. The number of ketones is 1. The molecule has 0 radical (unpaired) electrons.